The predicted octanol–water partition coefficient (Wildman–Crippen LogP) is 2.74. The molecule has 1 saturated heterocycles. The summed E-state index contributed by atoms with van der Waals surface area (Å²) in [5, 5.41) is 6.03. The number of hydrogen-bond donors (Lipinski definition) is 1. The van der Waals surface area contributed by atoms with Crippen molar-refractivity contribution >= 4 is 16.5 Å². The summed E-state index contributed by atoms with van der Waals surface area (Å²) in [7, 11) is 0. The molecule has 2 aromatic rings. The summed E-state index contributed by atoms with van der Waals surface area (Å²) in [6.45, 7) is 6.79. The first kappa shape index (κ1) is 11.5. The van der Waals surface area contributed by atoms with Crippen molar-refractivity contribution in [3.8, 4) is 0 Å². The first-order valence-corrected chi connectivity index (χ1v) is 6.57. The van der Waals surface area contributed by atoms with E-state index in [1.165, 1.54) is 16.5 Å². The van der Waals surface area contributed by atoms with E-state index in [1.807, 2.05) is 12.4 Å². The zero-order valence-electron chi connectivity index (χ0n) is 10.9. The number of fused-ring (bicyclic) bond motifs is 1. The molecule has 3 heteroatoms. The number of benzene rings is 1. The summed E-state index contributed by atoms with van der Waals surface area (Å²) < 4.78 is 0. The molecule has 3 rings (SSSR count). The molecule has 0 radical (unpaired) electrons. The molecule has 0 atom stereocenters. The van der Waals surface area contributed by atoms with Gasteiger partial charge in [0.15, 0.2) is 0 Å². The summed E-state index contributed by atoms with van der Waals surface area (Å²) in [4.78, 5) is 6.61. The fraction of sp³-hybridized carbons (Fsp3) is 0.400. The van der Waals surface area contributed by atoms with Gasteiger partial charge >= 0.3 is 0 Å². The van der Waals surface area contributed by atoms with Gasteiger partial charge in [0.25, 0.3) is 0 Å². The topological polar surface area (TPSA) is 28.2 Å². The van der Waals surface area contributed by atoms with E-state index in [4.69, 9.17) is 0 Å². The van der Waals surface area contributed by atoms with Crippen molar-refractivity contribution in [3.63, 3.8) is 0 Å². The molecule has 0 spiro atoms. The lowest BCUT2D eigenvalue weighted by atomic mass is 10.1. The van der Waals surface area contributed by atoms with Crippen LogP contribution in [0, 0.1) is 0 Å². The van der Waals surface area contributed by atoms with E-state index in [0.29, 0.717) is 12.1 Å². The van der Waals surface area contributed by atoms with E-state index in [2.05, 4.69) is 53.3 Å². The zero-order chi connectivity index (χ0) is 12.5. The molecule has 94 valence electrons. The van der Waals surface area contributed by atoms with Crippen LogP contribution in [0.1, 0.15) is 13.8 Å². The minimum atomic E-state index is 0.590. The number of aromatic nitrogens is 1. The highest BCUT2D eigenvalue weighted by Crippen LogP contribution is 2.21. The number of nitrogens with zero attached hydrogens (tertiary/aromatic N) is 2. The van der Waals surface area contributed by atoms with Crippen molar-refractivity contribution in [2.45, 2.75) is 25.9 Å². The highest BCUT2D eigenvalue weighted by molar-refractivity contribution is 5.84. The maximum atomic E-state index is 4.13. The third-order valence-corrected chi connectivity index (χ3v) is 3.65. The van der Waals surface area contributed by atoms with E-state index < -0.39 is 0 Å². The van der Waals surface area contributed by atoms with Crippen LogP contribution in [-0.4, -0.2) is 35.1 Å². The Morgan fingerprint density at radius 2 is 2.06 bits per heavy atom. The Morgan fingerprint density at radius 3 is 2.83 bits per heavy atom. The van der Waals surface area contributed by atoms with Gasteiger partial charge in [-0.1, -0.05) is 6.07 Å². The Labute approximate surface area is 108 Å². The van der Waals surface area contributed by atoms with Crippen molar-refractivity contribution in [1.29, 1.82) is 0 Å². The molecule has 1 aliphatic heterocycles. The van der Waals surface area contributed by atoms with Crippen LogP contribution in [0.4, 0.5) is 5.69 Å². The minimum Gasteiger partial charge on any atom is -0.380 e. The van der Waals surface area contributed by atoms with Crippen LogP contribution in [0.15, 0.2) is 36.7 Å². The molecular weight excluding hydrogens is 222 g/mol. The smallest absolute Gasteiger partial charge is 0.0515 e. The number of pyridine rings is 1. The SMILES string of the molecule is CC(C)N1CC(Nc2ccc3cnccc3c2)C1. The molecule has 1 N–H and O–H groups in total. The van der Waals surface area contributed by atoms with Crippen LogP contribution < -0.4 is 5.32 Å². The molecule has 1 fully saturated rings. The van der Waals surface area contributed by atoms with E-state index in [9.17, 15) is 0 Å². The molecule has 1 aliphatic rings. The van der Waals surface area contributed by atoms with Gasteiger partial charge in [-0.15, -0.1) is 0 Å². The Hall–Kier alpha value is -1.61. The van der Waals surface area contributed by atoms with Crippen molar-refractivity contribution in [1.82, 2.24) is 9.88 Å². The van der Waals surface area contributed by atoms with Crippen molar-refractivity contribution in [2.24, 2.45) is 0 Å². The number of rotatable bonds is 3. The monoisotopic (exact) mass is 241 g/mol. The highest BCUT2D eigenvalue weighted by atomic mass is 15.3. The molecule has 0 aliphatic carbocycles. The lowest BCUT2D eigenvalue weighted by Gasteiger charge is -2.42. The standard InChI is InChI=1S/C15H19N3/c1-11(2)18-9-15(10-18)17-14-4-3-13-8-16-6-5-12(13)7-14/h3-8,11,15,17H,9-10H2,1-2H3. The average Bonchev–Trinajstić information content (AvgIpc) is 2.32. The molecule has 3 nitrogen and oxygen atoms in total. The summed E-state index contributed by atoms with van der Waals surface area (Å²) in [5.74, 6) is 0. The summed E-state index contributed by atoms with van der Waals surface area (Å²) in [6, 6.07) is 9.78. The average molecular weight is 241 g/mol. The van der Waals surface area contributed by atoms with Gasteiger partial charge < -0.3 is 5.32 Å². The molecule has 0 saturated carbocycles. The summed E-state index contributed by atoms with van der Waals surface area (Å²) in [6.07, 6.45) is 3.75. The number of likely N-dealkylation sites (tertiary alicyclic amines) is 1. The van der Waals surface area contributed by atoms with Gasteiger partial charge in [-0.2, -0.15) is 0 Å². The van der Waals surface area contributed by atoms with Crippen molar-refractivity contribution in [2.75, 3.05) is 18.4 Å². The molecular formula is C15H19N3. The fourth-order valence-electron chi connectivity index (χ4n) is 2.43. The normalized spacial score (nSPS) is 17.1. The van der Waals surface area contributed by atoms with Crippen LogP contribution in [0.5, 0.6) is 0 Å². The minimum absolute atomic E-state index is 0.590. The van der Waals surface area contributed by atoms with Gasteiger partial charge in [-0.25, -0.2) is 0 Å². The maximum Gasteiger partial charge on any atom is 0.0515 e. The zero-order valence-corrected chi connectivity index (χ0v) is 10.9. The second-order valence-electron chi connectivity index (χ2n) is 5.33. The number of anilines is 1. The summed E-state index contributed by atoms with van der Waals surface area (Å²) in [5.41, 5.74) is 1.21. The first-order chi connectivity index (χ1) is 8.72. The van der Waals surface area contributed by atoms with E-state index in [-0.39, 0.29) is 0 Å². The molecule has 1 aromatic carbocycles. The third kappa shape index (κ3) is 2.18. The number of hydrogen-bond acceptors (Lipinski definition) is 3. The summed E-state index contributed by atoms with van der Waals surface area (Å²) >= 11 is 0. The van der Waals surface area contributed by atoms with E-state index in [1.54, 1.807) is 0 Å². The Bertz CT molecular complexity index is 544. The molecule has 0 amide bonds. The van der Waals surface area contributed by atoms with Crippen LogP contribution >= 0.6 is 0 Å². The van der Waals surface area contributed by atoms with Crippen LogP contribution in [0.2, 0.25) is 0 Å². The predicted molar refractivity (Wildman–Crippen MR) is 75.9 cm³/mol. The molecule has 1 aromatic heterocycles. The van der Waals surface area contributed by atoms with Crippen LogP contribution in [-0.2, 0) is 0 Å². The highest BCUT2D eigenvalue weighted by Gasteiger charge is 2.27. The van der Waals surface area contributed by atoms with E-state index in [0.717, 1.165) is 13.1 Å². The first-order valence-electron chi connectivity index (χ1n) is 6.57. The molecule has 18 heavy (non-hydrogen) atoms. The Kier molecular flexibility index (Phi) is 2.92. The quantitative estimate of drug-likeness (QED) is 0.895. The second kappa shape index (κ2) is 4.58. The lowest BCUT2D eigenvalue weighted by Crippen LogP contribution is -2.57. The van der Waals surface area contributed by atoms with E-state index >= 15 is 0 Å². The van der Waals surface area contributed by atoms with Gasteiger partial charge in [0.1, 0.15) is 0 Å². The molecule has 0 bridgehead atoms. The maximum absolute atomic E-state index is 4.13. The van der Waals surface area contributed by atoms with Crippen molar-refractivity contribution in [3.05, 3.63) is 36.7 Å². The van der Waals surface area contributed by atoms with Gasteiger partial charge in [-0.05, 0) is 37.4 Å². The largest absolute Gasteiger partial charge is 0.380 e. The van der Waals surface area contributed by atoms with Crippen LogP contribution in [0.25, 0.3) is 10.8 Å². The number of nitrogens with one attached hydrogen (secondary N) is 1. The second-order valence-corrected chi connectivity index (χ2v) is 5.33. The fourth-order valence-corrected chi connectivity index (χ4v) is 2.43. The van der Waals surface area contributed by atoms with Crippen LogP contribution in [0.3, 0.4) is 0 Å². The lowest BCUT2D eigenvalue weighted by molar-refractivity contribution is 0.122. The molecule has 0 unspecified atom stereocenters. The van der Waals surface area contributed by atoms with Gasteiger partial charge in [0, 0.05) is 42.6 Å². The van der Waals surface area contributed by atoms with Gasteiger partial charge in [0.2, 0.25) is 0 Å². The van der Waals surface area contributed by atoms with Gasteiger partial charge in [-0.3, -0.25) is 9.88 Å². The van der Waals surface area contributed by atoms with Crippen molar-refractivity contribution < 1.29 is 0 Å². The third-order valence-electron chi connectivity index (χ3n) is 3.65. The Balaban J connectivity index is 1.69. The van der Waals surface area contributed by atoms with Gasteiger partial charge in [0.05, 0.1) is 6.04 Å². The molecule has 2 heterocycles. The Morgan fingerprint density at radius 1 is 1.22 bits per heavy atom.